The summed E-state index contributed by atoms with van der Waals surface area (Å²) in [6.07, 6.45) is 2.01. The first kappa shape index (κ1) is 18.9. The van der Waals surface area contributed by atoms with Gasteiger partial charge in [-0.3, -0.25) is 9.59 Å². The Morgan fingerprint density at radius 3 is 2.83 bits per heavy atom. The Morgan fingerprint density at radius 2 is 2.07 bits per heavy atom. The van der Waals surface area contributed by atoms with Crippen LogP contribution in [0.1, 0.15) is 23.2 Å². The number of benzene rings is 2. The summed E-state index contributed by atoms with van der Waals surface area (Å²) < 4.78 is 11.4. The molecule has 2 saturated heterocycles. The van der Waals surface area contributed by atoms with Gasteiger partial charge in [0.25, 0.3) is 11.8 Å². The third-order valence-electron chi connectivity index (χ3n) is 4.79. The molecule has 0 saturated carbocycles. The Bertz CT molecular complexity index is 923. The summed E-state index contributed by atoms with van der Waals surface area (Å²) in [6.45, 7) is 1.10. The largest absolute Gasteiger partial charge is 0.490 e. The van der Waals surface area contributed by atoms with E-state index >= 15 is 0 Å². The fraction of sp³-hybridized carbons (Fsp3) is 0.286. The number of amides is 4. The Balaban J connectivity index is 1.48. The van der Waals surface area contributed by atoms with E-state index in [-0.39, 0.29) is 24.5 Å². The van der Waals surface area contributed by atoms with Crippen LogP contribution in [0.25, 0.3) is 0 Å². The molecule has 2 aliphatic rings. The Morgan fingerprint density at radius 1 is 1.21 bits per heavy atom. The predicted octanol–water partition coefficient (Wildman–Crippen LogP) is 2.55. The Hall–Kier alpha value is -3.39. The van der Waals surface area contributed by atoms with Crippen molar-refractivity contribution in [3.05, 3.63) is 54.1 Å². The topological polar surface area (TPSA) is 97.0 Å². The maximum atomic E-state index is 12.8. The molecule has 0 radical (unpaired) electrons. The first-order valence-electron chi connectivity index (χ1n) is 9.47. The number of carbonyl (C=O) groups excluding carboxylic acids is 3. The number of nitrogens with zero attached hydrogens (tertiary/aromatic N) is 1. The average molecular weight is 395 g/mol. The molecule has 4 rings (SSSR count). The van der Waals surface area contributed by atoms with E-state index in [1.165, 1.54) is 0 Å². The second kappa shape index (κ2) is 8.32. The average Bonchev–Trinajstić information content (AvgIpc) is 3.36. The molecule has 2 aliphatic heterocycles. The van der Waals surface area contributed by atoms with Crippen LogP contribution in [-0.2, 0) is 9.53 Å². The van der Waals surface area contributed by atoms with Crippen molar-refractivity contribution >= 4 is 29.2 Å². The van der Waals surface area contributed by atoms with Gasteiger partial charge in [0.05, 0.1) is 23.9 Å². The molecule has 0 unspecified atom stereocenters. The van der Waals surface area contributed by atoms with Gasteiger partial charge in [-0.1, -0.05) is 18.2 Å². The van der Waals surface area contributed by atoms with Gasteiger partial charge in [-0.25, -0.2) is 9.69 Å². The van der Waals surface area contributed by atoms with Gasteiger partial charge in [0, 0.05) is 12.3 Å². The highest BCUT2D eigenvalue weighted by Crippen LogP contribution is 2.24. The molecule has 8 nitrogen and oxygen atoms in total. The zero-order valence-electron chi connectivity index (χ0n) is 15.7. The van der Waals surface area contributed by atoms with Crippen LogP contribution in [-0.4, -0.2) is 43.7 Å². The molecule has 150 valence electrons. The first-order valence-corrected chi connectivity index (χ1v) is 9.47. The number of hydrogen-bond donors (Lipinski definition) is 2. The van der Waals surface area contributed by atoms with Crippen LogP contribution in [0.15, 0.2) is 48.5 Å². The second-order valence-corrected chi connectivity index (χ2v) is 6.83. The minimum absolute atomic E-state index is 0.0369. The summed E-state index contributed by atoms with van der Waals surface area (Å²) in [5, 5.41) is 5.27. The van der Waals surface area contributed by atoms with E-state index in [1.807, 2.05) is 0 Å². The van der Waals surface area contributed by atoms with Crippen LogP contribution in [0.4, 0.5) is 16.2 Å². The van der Waals surface area contributed by atoms with Gasteiger partial charge < -0.3 is 20.1 Å². The lowest BCUT2D eigenvalue weighted by atomic mass is 10.1. The smallest absolute Gasteiger partial charge is 0.329 e. The molecular weight excluding hydrogens is 374 g/mol. The van der Waals surface area contributed by atoms with E-state index < -0.39 is 6.03 Å². The predicted molar refractivity (Wildman–Crippen MR) is 106 cm³/mol. The molecule has 0 aliphatic carbocycles. The molecule has 2 heterocycles. The molecule has 29 heavy (non-hydrogen) atoms. The van der Waals surface area contributed by atoms with Crippen molar-refractivity contribution in [3.63, 3.8) is 0 Å². The van der Waals surface area contributed by atoms with E-state index in [9.17, 15) is 14.4 Å². The molecule has 8 heteroatoms. The Labute approximate surface area is 167 Å². The number of para-hydroxylation sites is 1. The van der Waals surface area contributed by atoms with Gasteiger partial charge in [-0.05, 0) is 43.2 Å². The zero-order valence-corrected chi connectivity index (χ0v) is 15.7. The van der Waals surface area contributed by atoms with Gasteiger partial charge in [-0.2, -0.15) is 0 Å². The molecule has 2 N–H and O–H groups in total. The summed E-state index contributed by atoms with van der Waals surface area (Å²) in [5.74, 6) is -0.209. The second-order valence-electron chi connectivity index (χ2n) is 6.83. The number of urea groups is 1. The van der Waals surface area contributed by atoms with E-state index in [0.29, 0.717) is 29.3 Å². The first-order chi connectivity index (χ1) is 14.1. The van der Waals surface area contributed by atoms with Gasteiger partial charge in [0.1, 0.15) is 12.4 Å². The number of hydrogen-bond acceptors (Lipinski definition) is 5. The van der Waals surface area contributed by atoms with Gasteiger partial charge in [-0.15, -0.1) is 0 Å². The normalized spacial score (nSPS) is 18.6. The molecule has 0 aromatic heterocycles. The number of nitrogens with one attached hydrogen (secondary N) is 2. The minimum Gasteiger partial charge on any atom is -0.490 e. The highest BCUT2D eigenvalue weighted by atomic mass is 16.5. The summed E-state index contributed by atoms with van der Waals surface area (Å²) in [5.41, 5.74) is 1.26. The van der Waals surface area contributed by atoms with Crippen LogP contribution >= 0.6 is 0 Å². The van der Waals surface area contributed by atoms with Crippen LogP contribution in [0.3, 0.4) is 0 Å². The quantitative estimate of drug-likeness (QED) is 0.733. The molecule has 1 atom stereocenters. The highest BCUT2D eigenvalue weighted by Gasteiger charge is 2.30. The van der Waals surface area contributed by atoms with E-state index in [1.54, 1.807) is 48.5 Å². The molecule has 2 aromatic carbocycles. The molecule has 0 bridgehead atoms. The van der Waals surface area contributed by atoms with Gasteiger partial charge in [0.15, 0.2) is 0 Å². The van der Waals surface area contributed by atoms with E-state index in [4.69, 9.17) is 9.47 Å². The van der Waals surface area contributed by atoms with Crippen LogP contribution < -0.4 is 20.3 Å². The van der Waals surface area contributed by atoms with Crippen LogP contribution in [0.5, 0.6) is 5.75 Å². The highest BCUT2D eigenvalue weighted by molar-refractivity contribution is 6.20. The number of rotatable bonds is 6. The van der Waals surface area contributed by atoms with Crippen molar-refractivity contribution in [2.75, 3.05) is 30.0 Å². The minimum atomic E-state index is -0.480. The molecular formula is C21H21N3O5. The number of ether oxygens (including phenoxy) is 2. The third-order valence-corrected chi connectivity index (χ3v) is 4.79. The van der Waals surface area contributed by atoms with Gasteiger partial charge in [0.2, 0.25) is 0 Å². The SMILES string of the molecule is O=C(Nc1cccc(N2C(=O)CNC2=O)c1)c1ccccc1OC[C@H]1CCCO1. The number of anilines is 2. The number of carbonyl (C=O) groups is 3. The molecule has 0 spiro atoms. The van der Waals surface area contributed by atoms with Crippen LogP contribution in [0.2, 0.25) is 0 Å². The molecule has 4 amide bonds. The lowest BCUT2D eigenvalue weighted by Crippen LogP contribution is -2.30. The maximum absolute atomic E-state index is 12.8. The van der Waals surface area contributed by atoms with Crippen LogP contribution in [0, 0.1) is 0 Å². The van der Waals surface area contributed by atoms with Crippen molar-refractivity contribution in [1.29, 1.82) is 0 Å². The zero-order chi connectivity index (χ0) is 20.2. The molecule has 2 aromatic rings. The van der Waals surface area contributed by atoms with Crippen molar-refractivity contribution in [2.24, 2.45) is 0 Å². The fourth-order valence-electron chi connectivity index (χ4n) is 3.34. The fourth-order valence-corrected chi connectivity index (χ4v) is 3.34. The van der Waals surface area contributed by atoms with Crippen molar-refractivity contribution in [3.8, 4) is 5.75 Å². The maximum Gasteiger partial charge on any atom is 0.329 e. The standard InChI is InChI=1S/C21H21N3O5/c25-19-12-22-21(27)24(19)15-6-3-5-14(11-15)23-20(26)17-8-1-2-9-18(17)29-13-16-7-4-10-28-16/h1-3,5-6,8-9,11,16H,4,7,10,12-13H2,(H,22,27)(H,23,26)/t16-/m1/s1. The monoisotopic (exact) mass is 395 g/mol. The number of imide groups is 1. The summed E-state index contributed by atoms with van der Waals surface area (Å²) >= 11 is 0. The van der Waals surface area contributed by atoms with E-state index in [2.05, 4.69) is 10.6 Å². The lowest BCUT2D eigenvalue weighted by Gasteiger charge is -2.16. The van der Waals surface area contributed by atoms with Crippen molar-refractivity contribution in [1.82, 2.24) is 5.32 Å². The van der Waals surface area contributed by atoms with E-state index in [0.717, 1.165) is 24.3 Å². The summed E-state index contributed by atoms with van der Waals surface area (Å²) in [4.78, 5) is 37.6. The summed E-state index contributed by atoms with van der Waals surface area (Å²) in [6, 6.07) is 13.1. The molecule has 2 fully saturated rings. The Kier molecular flexibility index (Phi) is 5.44. The van der Waals surface area contributed by atoms with Crippen molar-refractivity contribution in [2.45, 2.75) is 18.9 Å². The third kappa shape index (κ3) is 4.22. The summed E-state index contributed by atoms with van der Waals surface area (Å²) in [7, 11) is 0. The lowest BCUT2D eigenvalue weighted by molar-refractivity contribution is -0.115. The van der Waals surface area contributed by atoms with Crippen molar-refractivity contribution < 1.29 is 23.9 Å². The van der Waals surface area contributed by atoms with Gasteiger partial charge >= 0.3 is 6.03 Å².